The first kappa shape index (κ1) is 18.4. The summed E-state index contributed by atoms with van der Waals surface area (Å²) in [4.78, 5) is 28.0. The zero-order valence-corrected chi connectivity index (χ0v) is 14.9. The molecule has 0 spiro atoms. The number of nitrogens with one attached hydrogen (secondary N) is 1. The van der Waals surface area contributed by atoms with Crippen LogP contribution in [0.5, 0.6) is 0 Å². The average Bonchev–Trinajstić information content (AvgIpc) is 2.27. The van der Waals surface area contributed by atoms with Gasteiger partial charge in [0.15, 0.2) is 0 Å². The Morgan fingerprint density at radius 2 is 2.06 bits per heavy atom. The fourth-order valence-electron chi connectivity index (χ4n) is 1.84. The fourth-order valence-corrected chi connectivity index (χ4v) is 3.08. The second-order valence-corrected chi connectivity index (χ2v) is 5.75. The third-order valence-electron chi connectivity index (χ3n) is 3.20. The number of thioether (sulfide) groups is 1. The molecule has 0 fully saturated rings. The molecule has 0 aliphatic carbocycles. The van der Waals surface area contributed by atoms with Crippen LogP contribution in [0, 0.1) is 11.3 Å². The van der Waals surface area contributed by atoms with Crippen molar-refractivity contribution in [2.24, 2.45) is 16.3 Å². The van der Waals surface area contributed by atoms with Crippen LogP contribution in [0.15, 0.2) is 4.99 Å². The molecule has 1 aliphatic heterocycles. The van der Waals surface area contributed by atoms with Gasteiger partial charge < -0.3 is 17.9 Å². The zero-order valence-electron chi connectivity index (χ0n) is 11.3. The van der Waals surface area contributed by atoms with Gasteiger partial charge in [0.25, 0.3) is 5.91 Å². The van der Waals surface area contributed by atoms with Gasteiger partial charge >= 0.3 is 29.6 Å². The SMILES string of the molecule is CCSCC1(C(C)CC)C(=O)N=C([S-])NC1=O.[Na+]. The van der Waals surface area contributed by atoms with Crippen LogP contribution in [-0.4, -0.2) is 28.5 Å². The summed E-state index contributed by atoms with van der Waals surface area (Å²) >= 11 is 6.35. The van der Waals surface area contributed by atoms with Crippen molar-refractivity contribution >= 4 is 41.4 Å². The molecule has 7 heteroatoms. The summed E-state index contributed by atoms with van der Waals surface area (Å²) in [5.74, 6) is 0.610. The molecule has 0 saturated heterocycles. The summed E-state index contributed by atoms with van der Waals surface area (Å²) in [7, 11) is 0. The summed E-state index contributed by atoms with van der Waals surface area (Å²) in [5, 5.41) is 2.50. The van der Waals surface area contributed by atoms with Crippen molar-refractivity contribution in [3.05, 3.63) is 0 Å². The van der Waals surface area contributed by atoms with E-state index in [0.717, 1.165) is 12.2 Å². The summed E-state index contributed by atoms with van der Waals surface area (Å²) in [6.45, 7) is 5.88. The number of nitrogens with zero attached hydrogens (tertiary/aromatic N) is 1. The van der Waals surface area contributed by atoms with Crippen molar-refractivity contribution in [3.8, 4) is 0 Å². The molecule has 2 atom stereocenters. The molecule has 1 N–H and O–H groups in total. The average molecular weight is 296 g/mol. The Hall–Kier alpha value is 0.380. The Balaban J connectivity index is 0.00000289. The number of aliphatic imine (C=N–C) groups is 1. The molecule has 0 radical (unpaired) electrons. The van der Waals surface area contributed by atoms with Crippen LogP contribution in [0.2, 0.25) is 0 Å². The first-order chi connectivity index (χ1) is 7.98. The third-order valence-corrected chi connectivity index (χ3v) is 4.46. The van der Waals surface area contributed by atoms with Gasteiger partial charge in [0, 0.05) is 5.75 Å². The van der Waals surface area contributed by atoms with Gasteiger partial charge in [-0.05, 0) is 16.8 Å². The van der Waals surface area contributed by atoms with Crippen LogP contribution in [0.25, 0.3) is 0 Å². The smallest absolute Gasteiger partial charge is 0.742 e. The van der Waals surface area contributed by atoms with Gasteiger partial charge in [-0.3, -0.25) is 9.59 Å². The molecule has 4 nitrogen and oxygen atoms in total. The Morgan fingerprint density at radius 1 is 1.44 bits per heavy atom. The fraction of sp³-hybridized carbons (Fsp3) is 0.727. The van der Waals surface area contributed by atoms with E-state index >= 15 is 0 Å². The molecule has 96 valence electrons. The molecule has 0 aromatic rings. The maximum atomic E-state index is 12.2. The van der Waals surface area contributed by atoms with Crippen molar-refractivity contribution in [3.63, 3.8) is 0 Å². The Bertz CT molecular complexity index is 363. The summed E-state index contributed by atoms with van der Waals surface area (Å²) in [6.07, 6.45) is 0.756. The Kier molecular flexibility index (Phi) is 8.01. The number of hydrogen-bond acceptors (Lipinski definition) is 4. The van der Waals surface area contributed by atoms with Gasteiger partial charge in [-0.25, -0.2) is 4.99 Å². The van der Waals surface area contributed by atoms with Crippen LogP contribution in [0.1, 0.15) is 27.2 Å². The Morgan fingerprint density at radius 3 is 2.50 bits per heavy atom. The molecule has 0 aromatic carbocycles. The number of carbonyl (C=O) groups excluding carboxylic acids is 2. The van der Waals surface area contributed by atoms with E-state index in [2.05, 4.69) is 10.3 Å². The van der Waals surface area contributed by atoms with E-state index in [1.54, 1.807) is 11.8 Å². The number of carbonyl (C=O) groups is 2. The molecule has 2 unspecified atom stereocenters. The number of amides is 2. The first-order valence-electron chi connectivity index (χ1n) is 5.68. The van der Waals surface area contributed by atoms with E-state index in [0.29, 0.717) is 5.75 Å². The molecule has 1 rings (SSSR count). The van der Waals surface area contributed by atoms with Gasteiger partial charge in [-0.15, -0.1) is 0 Å². The van der Waals surface area contributed by atoms with Gasteiger partial charge in [0.05, 0.1) is 0 Å². The van der Waals surface area contributed by atoms with E-state index in [1.165, 1.54) is 0 Å². The molecular weight excluding hydrogens is 279 g/mol. The third kappa shape index (κ3) is 3.48. The minimum atomic E-state index is -1.04. The van der Waals surface area contributed by atoms with E-state index in [1.807, 2.05) is 20.8 Å². The molecule has 1 aliphatic rings. The molecule has 0 saturated carbocycles. The molecule has 18 heavy (non-hydrogen) atoms. The van der Waals surface area contributed by atoms with E-state index in [-0.39, 0.29) is 52.5 Å². The van der Waals surface area contributed by atoms with Crippen LogP contribution in [0.4, 0.5) is 0 Å². The predicted octanol–water partition coefficient (Wildman–Crippen LogP) is -1.66. The van der Waals surface area contributed by atoms with Gasteiger partial charge in [-0.2, -0.15) is 11.8 Å². The topological polar surface area (TPSA) is 58.5 Å². The largest absolute Gasteiger partial charge is 1.00 e. The molecule has 2 amide bonds. The summed E-state index contributed by atoms with van der Waals surface area (Å²) in [6, 6.07) is 0. The monoisotopic (exact) mass is 296 g/mol. The minimum absolute atomic E-state index is 0. The van der Waals surface area contributed by atoms with Crippen molar-refractivity contribution in [1.82, 2.24) is 5.32 Å². The molecule has 0 aromatic heterocycles. The normalized spacial score (nSPS) is 24.9. The van der Waals surface area contributed by atoms with Crippen LogP contribution >= 0.6 is 11.8 Å². The second-order valence-electron chi connectivity index (χ2n) is 4.09. The first-order valence-corrected chi connectivity index (χ1v) is 7.24. The van der Waals surface area contributed by atoms with Crippen LogP contribution < -0.4 is 34.9 Å². The second kappa shape index (κ2) is 7.85. The van der Waals surface area contributed by atoms with E-state index in [9.17, 15) is 9.59 Å². The van der Waals surface area contributed by atoms with Gasteiger partial charge in [-0.1, -0.05) is 27.2 Å². The summed E-state index contributed by atoms with van der Waals surface area (Å²) in [5.41, 5.74) is -1.04. The van der Waals surface area contributed by atoms with Crippen LogP contribution in [0.3, 0.4) is 0 Å². The summed E-state index contributed by atoms with van der Waals surface area (Å²) < 4.78 is 0. The predicted molar refractivity (Wildman–Crippen MR) is 72.8 cm³/mol. The number of amidine groups is 1. The van der Waals surface area contributed by atoms with Crippen molar-refractivity contribution in [2.75, 3.05) is 11.5 Å². The molecule has 1 heterocycles. The molecule has 0 bridgehead atoms. The van der Waals surface area contributed by atoms with Gasteiger partial charge in [0.2, 0.25) is 5.91 Å². The van der Waals surface area contributed by atoms with Crippen LogP contribution in [-0.2, 0) is 22.2 Å². The standard InChI is InChI=1S/C11H18N2O2S2.Na/c1-4-7(3)11(6-17-5-2)8(14)12-10(16)13-9(11)15;/h7H,4-6H2,1-3H3,(H2,12,13,14,15,16);/q;+1/p-1. The van der Waals surface area contributed by atoms with E-state index in [4.69, 9.17) is 12.6 Å². The zero-order chi connectivity index (χ0) is 13.1. The quantitative estimate of drug-likeness (QED) is 0.375. The minimum Gasteiger partial charge on any atom is -0.742 e. The maximum Gasteiger partial charge on any atom is 1.00 e. The van der Waals surface area contributed by atoms with Crippen molar-refractivity contribution < 1.29 is 39.1 Å². The number of rotatable bonds is 5. The molecular formula is C11H17N2NaO2S2. The van der Waals surface area contributed by atoms with Gasteiger partial charge in [0.1, 0.15) is 5.41 Å². The number of hydrogen-bond donors (Lipinski definition) is 1. The van der Waals surface area contributed by atoms with E-state index < -0.39 is 5.41 Å². The maximum absolute atomic E-state index is 12.2. The van der Waals surface area contributed by atoms with Crippen molar-refractivity contribution in [2.45, 2.75) is 27.2 Å². The van der Waals surface area contributed by atoms with Crippen molar-refractivity contribution in [1.29, 1.82) is 0 Å². The Labute approximate surface area is 140 Å².